The van der Waals surface area contributed by atoms with Crippen molar-refractivity contribution in [2.45, 2.75) is 64.7 Å². The van der Waals surface area contributed by atoms with Crippen molar-refractivity contribution in [1.29, 1.82) is 0 Å². The summed E-state index contributed by atoms with van der Waals surface area (Å²) in [6, 6.07) is 2.07. The molecule has 3 rings (SSSR count). The molecule has 0 atom stereocenters. The molecule has 4 heteroatoms. The van der Waals surface area contributed by atoms with Crippen molar-refractivity contribution in [3.05, 3.63) is 16.5 Å². The monoisotopic (exact) mass is 351 g/mol. The minimum absolute atomic E-state index is 0.0129. The minimum atomic E-state index is -0.0129. The zero-order chi connectivity index (χ0) is 15.1. The van der Waals surface area contributed by atoms with Gasteiger partial charge in [0, 0.05) is 24.6 Å². The van der Waals surface area contributed by atoms with Crippen LogP contribution in [-0.4, -0.2) is 23.1 Å². The summed E-state index contributed by atoms with van der Waals surface area (Å²) in [4.78, 5) is 11.8. The molecular weight excluding hydrogens is 326 g/mol. The van der Waals surface area contributed by atoms with Crippen LogP contribution in [0.2, 0.25) is 0 Å². The highest BCUT2D eigenvalue weighted by Gasteiger charge is 2.37. The lowest BCUT2D eigenvalue weighted by Crippen LogP contribution is -2.39. The third-order valence-electron chi connectivity index (χ3n) is 5.16. The van der Waals surface area contributed by atoms with Gasteiger partial charge in [-0.25, -0.2) is 9.97 Å². The van der Waals surface area contributed by atoms with Crippen LogP contribution in [0, 0.1) is 5.41 Å². The zero-order valence-corrected chi connectivity index (χ0v) is 15.0. The Balaban J connectivity index is 1.77. The Morgan fingerprint density at radius 1 is 1.05 bits per heavy atom. The van der Waals surface area contributed by atoms with Crippen LogP contribution in [-0.2, 0) is 5.41 Å². The smallest absolute Gasteiger partial charge is 0.137 e. The fourth-order valence-corrected chi connectivity index (χ4v) is 4.11. The Kier molecular flexibility index (Phi) is 4.02. The first-order chi connectivity index (χ1) is 9.88. The van der Waals surface area contributed by atoms with Crippen molar-refractivity contribution in [2.75, 3.05) is 18.0 Å². The van der Waals surface area contributed by atoms with E-state index in [1.54, 1.807) is 0 Å². The van der Waals surface area contributed by atoms with Gasteiger partial charge in [-0.15, -0.1) is 0 Å². The van der Waals surface area contributed by atoms with Gasteiger partial charge in [0.1, 0.15) is 16.2 Å². The Hall–Kier alpha value is -0.640. The van der Waals surface area contributed by atoms with Crippen molar-refractivity contribution < 1.29 is 0 Å². The molecule has 0 unspecified atom stereocenters. The van der Waals surface area contributed by atoms with Gasteiger partial charge >= 0.3 is 0 Å². The highest BCUT2D eigenvalue weighted by molar-refractivity contribution is 9.10. The average molecular weight is 352 g/mol. The maximum Gasteiger partial charge on any atom is 0.137 e. The first kappa shape index (κ1) is 15.3. The molecule has 21 heavy (non-hydrogen) atoms. The molecule has 1 aromatic rings. The number of aromatic nitrogens is 2. The quantitative estimate of drug-likeness (QED) is 0.686. The highest BCUT2D eigenvalue weighted by Crippen LogP contribution is 2.46. The summed E-state index contributed by atoms with van der Waals surface area (Å²) in [7, 11) is 0. The van der Waals surface area contributed by atoms with Gasteiger partial charge in [0.15, 0.2) is 0 Å². The average Bonchev–Trinajstić information content (AvgIpc) is 2.86. The number of halogens is 1. The number of anilines is 1. The van der Waals surface area contributed by atoms with Gasteiger partial charge in [0.05, 0.1) is 0 Å². The number of hydrogen-bond acceptors (Lipinski definition) is 3. The second-order valence-corrected chi connectivity index (χ2v) is 8.63. The second-order valence-electron chi connectivity index (χ2n) is 7.82. The van der Waals surface area contributed by atoms with Crippen molar-refractivity contribution in [3.8, 4) is 0 Å². The molecular formula is C17H26BrN3. The van der Waals surface area contributed by atoms with Gasteiger partial charge in [0.25, 0.3) is 0 Å². The maximum atomic E-state index is 4.83. The lowest BCUT2D eigenvalue weighted by molar-refractivity contribution is 0.226. The van der Waals surface area contributed by atoms with Crippen molar-refractivity contribution in [3.63, 3.8) is 0 Å². The van der Waals surface area contributed by atoms with E-state index in [1.165, 1.54) is 38.5 Å². The summed E-state index contributed by atoms with van der Waals surface area (Å²) in [5.74, 6) is 2.02. The lowest BCUT2D eigenvalue weighted by atomic mass is 9.77. The van der Waals surface area contributed by atoms with Crippen LogP contribution in [0.1, 0.15) is 65.1 Å². The van der Waals surface area contributed by atoms with Gasteiger partial charge in [-0.05, 0) is 47.0 Å². The molecule has 1 aromatic heterocycles. The van der Waals surface area contributed by atoms with Gasteiger partial charge in [-0.1, -0.05) is 33.6 Å². The van der Waals surface area contributed by atoms with Crippen molar-refractivity contribution in [1.82, 2.24) is 9.97 Å². The van der Waals surface area contributed by atoms with Gasteiger partial charge < -0.3 is 4.90 Å². The number of nitrogens with zero attached hydrogens (tertiary/aromatic N) is 3. The van der Waals surface area contributed by atoms with E-state index in [2.05, 4.69) is 52.7 Å². The Morgan fingerprint density at radius 2 is 1.67 bits per heavy atom. The number of rotatable bonds is 1. The molecule has 2 heterocycles. The van der Waals surface area contributed by atoms with Crippen LogP contribution in [0.5, 0.6) is 0 Å². The summed E-state index contributed by atoms with van der Waals surface area (Å²) in [5.41, 5.74) is 0.647. The SMILES string of the molecule is CC(C)(C)c1nc(Br)cc(N2CCC3(CCCC3)CC2)n1. The van der Waals surface area contributed by atoms with E-state index in [9.17, 15) is 0 Å². The highest BCUT2D eigenvalue weighted by atomic mass is 79.9. The molecule has 0 bridgehead atoms. The topological polar surface area (TPSA) is 29.0 Å². The van der Waals surface area contributed by atoms with E-state index in [1.807, 2.05) is 0 Å². The zero-order valence-electron chi connectivity index (χ0n) is 13.5. The largest absolute Gasteiger partial charge is 0.356 e. The fraction of sp³-hybridized carbons (Fsp3) is 0.765. The molecule has 2 aliphatic rings. The first-order valence-corrected chi connectivity index (χ1v) is 8.97. The van der Waals surface area contributed by atoms with Crippen LogP contribution < -0.4 is 4.90 Å². The molecule has 3 nitrogen and oxygen atoms in total. The summed E-state index contributed by atoms with van der Waals surface area (Å²) in [6.07, 6.45) is 8.43. The molecule has 1 spiro atoms. The summed E-state index contributed by atoms with van der Waals surface area (Å²) >= 11 is 3.55. The molecule has 1 aliphatic carbocycles. The molecule has 0 aromatic carbocycles. The van der Waals surface area contributed by atoms with Crippen LogP contribution in [0.15, 0.2) is 10.7 Å². The molecule has 116 valence electrons. The Bertz CT molecular complexity index is 505. The van der Waals surface area contributed by atoms with E-state index >= 15 is 0 Å². The van der Waals surface area contributed by atoms with E-state index in [4.69, 9.17) is 4.98 Å². The predicted octanol–water partition coefficient (Wildman–Crippen LogP) is 4.70. The standard InChI is InChI=1S/C17H26BrN3/c1-16(2,3)15-19-13(18)12-14(20-15)21-10-8-17(9-11-21)6-4-5-7-17/h12H,4-11H2,1-3H3. The third-order valence-corrected chi connectivity index (χ3v) is 5.57. The number of piperidine rings is 1. The van der Waals surface area contributed by atoms with E-state index < -0.39 is 0 Å². The molecule has 1 aliphatic heterocycles. The van der Waals surface area contributed by atoms with Gasteiger partial charge in [0.2, 0.25) is 0 Å². The van der Waals surface area contributed by atoms with Gasteiger partial charge in [-0.2, -0.15) is 0 Å². The predicted molar refractivity (Wildman–Crippen MR) is 90.8 cm³/mol. The normalized spacial score (nSPS) is 22.0. The third kappa shape index (κ3) is 3.25. The molecule has 0 amide bonds. The van der Waals surface area contributed by atoms with E-state index in [-0.39, 0.29) is 5.41 Å². The molecule has 2 fully saturated rings. The van der Waals surface area contributed by atoms with Crippen LogP contribution in [0.4, 0.5) is 5.82 Å². The molecule has 1 saturated carbocycles. The van der Waals surface area contributed by atoms with E-state index in [0.717, 1.165) is 29.3 Å². The number of hydrogen-bond donors (Lipinski definition) is 0. The lowest BCUT2D eigenvalue weighted by Gasteiger charge is -2.40. The minimum Gasteiger partial charge on any atom is -0.356 e. The van der Waals surface area contributed by atoms with E-state index in [0.29, 0.717) is 5.41 Å². The maximum absolute atomic E-state index is 4.83. The first-order valence-electron chi connectivity index (χ1n) is 8.18. The van der Waals surface area contributed by atoms with Crippen molar-refractivity contribution >= 4 is 21.7 Å². The van der Waals surface area contributed by atoms with Crippen LogP contribution in [0.3, 0.4) is 0 Å². The Morgan fingerprint density at radius 3 is 2.24 bits per heavy atom. The summed E-state index contributed by atoms with van der Waals surface area (Å²) in [5, 5.41) is 0. The molecule has 1 saturated heterocycles. The second kappa shape index (κ2) is 5.53. The summed E-state index contributed by atoms with van der Waals surface area (Å²) in [6.45, 7) is 8.80. The van der Waals surface area contributed by atoms with Crippen LogP contribution >= 0.6 is 15.9 Å². The summed E-state index contributed by atoms with van der Waals surface area (Å²) < 4.78 is 0.901. The van der Waals surface area contributed by atoms with Crippen LogP contribution in [0.25, 0.3) is 0 Å². The molecule has 0 N–H and O–H groups in total. The van der Waals surface area contributed by atoms with Gasteiger partial charge in [-0.3, -0.25) is 0 Å². The molecule has 0 radical (unpaired) electrons. The van der Waals surface area contributed by atoms with Crippen molar-refractivity contribution in [2.24, 2.45) is 5.41 Å². The Labute approximate surface area is 136 Å². The fourth-order valence-electron chi connectivity index (χ4n) is 3.74.